The summed E-state index contributed by atoms with van der Waals surface area (Å²) in [7, 11) is 0. The van der Waals surface area contributed by atoms with Gasteiger partial charge in [0.25, 0.3) is 0 Å². The van der Waals surface area contributed by atoms with Crippen LogP contribution in [0.3, 0.4) is 0 Å². The zero-order valence-electron chi connectivity index (χ0n) is 26.5. The van der Waals surface area contributed by atoms with E-state index >= 15 is 0 Å². The van der Waals surface area contributed by atoms with Crippen LogP contribution in [0.2, 0.25) is 5.02 Å². The van der Waals surface area contributed by atoms with Crippen LogP contribution in [0.4, 0.5) is 10.6 Å². The molecule has 0 bridgehead atoms. The summed E-state index contributed by atoms with van der Waals surface area (Å²) >= 11 is 6.75. The first kappa shape index (κ1) is 31.2. The molecule has 1 aliphatic rings. The van der Waals surface area contributed by atoms with E-state index in [0.717, 1.165) is 44.3 Å². The van der Waals surface area contributed by atoms with Crippen LogP contribution in [0.1, 0.15) is 35.1 Å². The van der Waals surface area contributed by atoms with E-state index in [0.29, 0.717) is 30.2 Å². The maximum absolute atomic E-state index is 13.9. The second kappa shape index (κ2) is 13.0. The standard InChI is InChI=1S/C40H35ClN4O3/c1-27-19-21-33(35(41)24-27)28-20-22-36-34(25-28)37(42-38(46)29-12-11-23-44(26-29)39(47)48)43-45(36)40(30-13-5-2-6-14-30,31-15-7-3-8-16-31)32-17-9-4-10-18-32/h2-10,13-22,24-25,29H,11-12,23,26H2,1H3,(H,47,48)(H,42,43,46)/t29-/m0/s1. The molecule has 0 radical (unpaired) electrons. The molecule has 2 heterocycles. The molecule has 1 aliphatic heterocycles. The first-order chi connectivity index (χ1) is 23.4. The molecule has 0 aliphatic carbocycles. The lowest BCUT2D eigenvalue weighted by molar-refractivity contribution is -0.121. The number of anilines is 1. The largest absolute Gasteiger partial charge is 0.465 e. The van der Waals surface area contributed by atoms with Crippen LogP contribution < -0.4 is 5.32 Å². The molecule has 6 aromatic rings. The Morgan fingerprint density at radius 2 is 1.44 bits per heavy atom. The number of nitrogens with one attached hydrogen (secondary N) is 1. The molecule has 0 spiro atoms. The van der Waals surface area contributed by atoms with E-state index in [-0.39, 0.29) is 12.5 Å². The molecular formula is C40H35ClN4O3. The Morgan fingerprint density at radius 3 is 2.00 bits per heavy atom. The van der Waals surface area contributed by atoms with Crippen LogP contribution in [-0.2, 0) is 10.3 Å². The average molecular weight is 655 g/mol. The normalized spacial score (nSPS) is 15.0. The van der Waals surface area contributed by atoms with Crippen molar-refractivity contribution in [1.82, 2.24) is 14.7 Å². The SMILES string of the molecule is Cc1ccc(-c2ccc3c(c2)c(NC(=O)[C@H]2CCCN(C(=O)O)C2)nn3C(c2ccccc2)(c2ccccc2)c2ccccc2)c(Cl)c1. The van der Waals surface area contributed by atoms with E-state index in [9.17, 15) is 14.7 Å². The topological polar surface area (TPSA) is 87.5 Å². The van der Waals surface area contributed by atoms with Crippen molar-refractivity contribution in [2.75, 3.05) is 18.4 Å². The van der Waals surface area contributed by atoms with Gasteiger partial charge in [0.05, 0.1) is 11.4 Å². The predicted molar refractivity (Wildman–Crippen MR) is 190 cm³/mol. The number of aryl methyl sites for hydroxylation is 1. The van der Waals surface area contributed by atoms with Gasteiger partial charge in [-0.15, -0.1) is 0 Å². The molecule has 2 N–H and O–H groups in total. The van der Waals surface area contributed by atoms with E-state index in [4.69, 9.17) is 16.7 Å². The second-order valence-corrected chi connectivity index (χ2v) is 12.7. The highest BCUT2D eigenvalue weighted by Crippen LogP contribution is 2.44. The van der Waals surface area contributed by atoms with E-state index < -0.39 is 17.6 Å². The quantitative estimate of drug-likeness (QED) is 0.168. The van der Waals surface area contributed by atoms with E-state index in [1.54, 1.807) is 0 Å². The van der Waals surface area contributed by atoms with Crippen molar-refractivity contribution in [3.8, 4) is 11.1 Å². The van der Waals surface area contributed by atoms with Gasteiger partial charge in [-0.2, -0.15) is 5.10 Å². The number of piperidine rings is 1. The summed E-state index contributed by atoms with van der Waals surface area (Å²) in [4.78, 5) is 27.0. The van der Waals surface area contributed by atoms with Gasteiger partial charge in [-0.1, -0.05) is 121 Å². The molecule has 240 valence electrons. The first-order valence-electron chi connectivity index (χ1n) is 16.1. The summed E-state index contributed by atoms with van der Waals surface area (Å²) in [5.74, 6) is -0.345. The van der Waals surface area contributed by atoms with Gasteiger partial charge in [0.15, 0.2) is 5.82 Å². The monoisotopic (exact) mass is 654 g/mol. The lowest BCUT2D eigenvalue weighted by atomic mass is 9.77. The third-order valence-electron chi connectivity index (χ3n) is 9.31. The number of benzene rings is 5. The maximum Gasteiger partial charge on any atom is 0.407 e. The number of halogens is 1. The Morgan fingerprint density at radius 1 is 0.833 bits per heavy atom. The van der Waals surface area contributed by atoms with Crippen LogP contribution in [0, 0.1) is 12.8 Å². The summed E-state index contributed by atoms with van der Waals surface area (Å²) in [5, 5.41) is 19.4. The van der Waals surface area contributed by atoms with Crippen LogP contribution in [0.15, 0.2) is 127 Å². The fourth-order valence-electron chi connectivity index (χ4n) is 6.98. The second-order valence-electron chi connectivity index (χ2n) is 12.3. The molecule has 1 fully saturated rings. The number of carboxylic acid groups (broad SMARTS) is 1. The molecule has 8 heteroatoms. The third-order valence-corrected chi connectivity index (χ3v) is 9.62. The van der Waals surface area contributed by atoms with Gasteiger partial charge in [0.2, 0.25) is 5.91 Å². The smallest absolute Gasteiger partial charge is 0.407 e. The fraction of sp³-hybridized carbons (Fsp3) is 0.175. The third kappa shape index (κ3) is 5.60. The van der Waals surface area contributed by atoms with Crippen molar-refractivity contribution in [3.05, 3.63) is 155 Å². The summed E-state index contributed by atoms with van der Waals surface area (Å²) in [5.41, 5.74) is 5.72. The molecule has 7 nitrogen and oxygen atoms in total. The van der Waals surface area contributed by atoms with Crippen LogP contribution >= 0.6 is 11.6 Å². The van der Waals surface area contributed by atoms with Crippen LogP contribution in [0.5, 0.6) is 0 Å². The Hall–Kier alpha value is -5.40. The number of carbonyl (C=O) groups is 2. The van der Waals surface area contributed by atoms with Gasteiger partial charge in [-0.05, 0) is 65.8 Å². The van der Waals surface area contributed by atoms with Crippen molar-refractivity contribution in [1.29, 1.82) is 0 Å². The van der Waals surface area contributed by atoms with Crippen molar-refractivity contribution >= 4 is 40.3 Å². The van der Waals surface area contributed by atoms with E-state index in [1.807, 2.05) is 103 Å². The predicted octanol–water partition coefficient (Wildman–Crippen LogP) is 8.83. The summed E-state index contributed by atoms with van der Waals surface area (Å²) < 4.78 is 2.02. The molecule has 5 aromatic carbocycles. The van der Waals surface area contributed by atoms with Gasteiger partial charge in [-0.25, -0.2) is 9.48 Å². The highest BCUT2D eigenvalue weighted by atomic mass is 35.5. The summed E-state index contributed by atoms with van der Waals surface area (Å²) in [6.45, 7) is 2.57. The number of carbonyl (C=O) groups excluding carboxylic acids is 1. The molecule has 2 amide bonds. The van der Waals surface area contributed by atoms with Gasteiger partial charge in [0.1, 0.15) is 5.54 Å². The minimum absolute atomic E-state index is 0.145. The van der Waals surface area contributed by atoms with Crippen molar-refractivity contribution in [3.63, 3.8) is 0 Å². The highest BCUT2D eigenvalue weighted by Gasteiger charge is 2.41. The highest BCUT2D eigenvalue weighted by molar-refractivity contribution is 6.33. The Balaban J connectivity index is 1.48. The van der Waals surface area contributed by atoms with E-state index in [2.05, 4.69) is 41.7 Å². The van der Waals surface area contributed by atoms with Gasteiger partial charge < -0.3 is 15.3 Å². The molecule has 48 heavy (non-hydrogen) atoms. The van der Waals surface area contributed by atoms with Crippen molar-refractivity contribution in [2.24, 2.45) is 5.92 Å². The number of likely N-dealkylation sites (tertiary alicyclic amines) is 1. The molecule has 0 unspecified atom stereocenters. The van der Waals surface area contributed by atoms with Crippen molar-refractivity contribution in [2.45, 2.75) is 25.3 Å². The number of nitrogens with zero attached hydrogens (tertiary/aromatic N) is 3. The Kier molecular flexibility index (Phi) is 8.46. The molecule has 7 rings (SSSR count). The summed E-state index contributed by atoms with van der Waals surface area (Å²) in [6, 6.07) is 42.9. The Labute approximate surface area is 284 Å². The zero-order chi connectivity index (χ0) is 33.3. The van der Waals surface area contributed by atoms with Crippen LogP contribution in [0.25, 0.3) is 22.0 Å². The molecule has 1 aromatic heterocycles. The zero-order valence-corrected chi connectivity index (χ0v) is 27.3. The first-order valence-corrected chi connectivity index (χ1v) is 16.5. The average Bonchev–Trinajstić information content (AvgIpc) is 3.47. The lowest BCUT2D eigenvalue weighted by Gasteiger charge is -2.37. The number of hydrogen-bond acceptors (Lipinski definition) is 3. The van der Waals surface area contributed by atoms with Gasteiger partial charge in [-0.3, -0.25) is 4.79 Å². The molecule has 1 atom stereocenters. The van der Waals surface area contributed by atoms with Gasteiger partial charge in [0, 0.05) is 29.1 Å². The number of amides is 2. The molecular weight excluding hydrogens is 620 g/mol. The summed E-state index contributed by atoms with van der Waals surface area (Å²) in [6.07, 6.45) is 0.204. The lowest BCUT2D eigenvalue weighted by Crippen LogP contribution is -2.43. The minimum atomic E-state index is -1.01. The number of hydrogen-bond donors (Lipinski definition) is 2. The van der Waals surface area contributed by atoms with Crippen molar-refractivity contribution < 1.29 is 14.7 Å². The number of fused-ring (bicyclic) bond motifs is 1. The number of rotatable bonds is 7. The fourth-order valence-corrected chi connectivity index (χ4v) is 7.32. The minimum Gasteiger partial charge on any atom is -0.465 e. The van der Waals surface area contributed by atoms with Crippen LogP contribution in [-0.4, -0.2) is 44.9 Å². The molecule has 1 saturated heterocycles. The molecule has 0 saturated carbocycles. The van der Waals surface area contributed by atoms with Gasteiger partial charge >= 0.3 is 6.09 Å². The Bertz CT molecular complexity index is 2000. The maximum atomic E-state index is 13.9. The van der Waals surface area contributed by atoms with E-state index in [1.165, 1.54) is 4.90 Å². The number of aromatic nitrogens is 2.